The van der Waals surface area contributed by atoms with Gasteiger partial charge in [-0.1, -0.05) is 12.1 Å². The molecule has 27 heavy (non-hydrogen) atoms. The van der Waals surface area contributed by atoms with Gasteiger partial charge in [-0.05, 0) is 37.5 Å². The third-order valence-corrected chi connectivity index (χ3v) is 5.47. The van der Waals surface area contributed by atoms with Crippen molar-refractivity contribution in [2.24, 2.45) is 0 Å². The van der Waals surface area contributed by atoms with E-state index in [9.17, 15) is 4.79 Å². The number of nitrogens with zero attached hydrogens (tertiary/aromatic N) is 6. The van der Waals surface area contributed by atoms with E-state index in [4.69, 9.17) is 4.74 Å². The summed E-state index contributed by atoms with van der Waals surface area (Å²) in [4.78, 5) is 24.8. The number of fused-ring (bicyclic) bond motifs is 2. The minimum Gasteiger partial charge on any atom is -0.447 e. The smallest absolute Gasteiger partial charge is 0.414 e. The largest absolute Gasteiger partial charge is 0.447 e. The minimum absolute atomic E-state index is 0.254. The van der Waals surface area contributed by atoms with Gasteiger partial charge in [-0.2, -0.15) is 14.6 Å². The lowest BCUT2D eigenvalue weighted by atomic mass is 9.97. The zero-order chi connectivity index (χ0) is 18.5. The molecule has 1 aromatic carbocycles. The van der Waals surface area contributed by atoms with Crippen LogP contribution in [0.4, 0.5) is 16.3 Å². The molecule has 0 bridgehead atoms. The Labute approximate surface area is 156 Å². The molecule has 2 aliphatic rings. The van der Waals surface area contributed by atoms with Crippen LogP contribution in [0.2, 0.25) is 0 Å². The monoisotopic (exact) mass is 364 g/mol. The average molecular weight is 364 g/mol. The van der Waals surface area contributed by atoms with E-state index in [2.05, 4.69) is 33.0 Å². The van der Waals surface area contributed by atoms with Gasteiger partial charge in [0.1, 0.15) is 18.8 Å². The number of hydrogen-bond donors (Lipinski definition) is 0. The molecule has 8 heteroatoms. The summed E-state index contributed by atoms with van der Waals surface area (Å²) in [6.45, 7) is 6.74. The van der Waals surface area contributed by atoms with E-state index in [1.165, 1.54) is 11.1 Å². The van der Waals surface area contributed by atoms with Gasteiger partial charge in [0.05, 0.1) is 12.2 Å². The number of benzene rings is 1. The van der Waals surface area contributed by atoms with Gasteiger partial charge in [0.2, 0.25) is 0 Å². The highest BCUT2D eigenvalue weighted by Gasteiger charge is 2.29. The molecule has 1 saturated heterocycles. The highest BCUT2D eigenvalue weighted by molar-refractivity contribution is 5.90. The molecule has 3 aromatic rings. The molecule has 5 rings (SSSR count). The molecule has 0 aliphatic carbocycles. The van der Waals surface area contributed by atoms with Crippen LogP contribution in [0, 0.1) is 13.8 Å². The van der Waals surface area contributed by atoms with Crippen molar-refractivity contribution in [3.8, 4) is 0 Å². The van der Waals surface area contributed by atoms with E-state index in [0.717, 1.165) is 42.3 Å². The third kappa shape index (κ3) is 2.43. The van der Waals surface area contributed by atoms with Gasteiger partial charge in [0.15, 0.2) is 0 Å². The van der Waals surface area contributed by atoms with Crippen LogP contribution in [0.3, 0.4) is 0 Å². The number of amides is 1. The Morgan fingerprint density at radius 2 is 2.07 bits per heavy atom. The van der Waals surface area contributed by atoms with Crippen molar-refractivity contribution in [1.82, 2.24) is 19.6 Å². The van der Waals surface area contributed by atoms with Gasteiger partial charge in [-0.3, -0.25) is 4.90 Å². The molecule has 2 aromatic heterocycles. The average Bonchev–Trinajstić information content (AvgIpc) is 3.30. The molecular formula is C19H20N6O2. The summed E-state index contributed by atoms with van der Waals surface area (Å²) in [5.74, 6) is 1.65. The van der Waals surface area contributed by atoms with E-state index in [-0.39, 0.29) is 6.09 Å². The van der Waals surface area contributed by atoms with Crippen LogP contribution in [-0.4, -0.2) is 45.4 Å². The molecular weight excluding hydrogens is 344 g/mol. The second-order valence-electron chi connectivity index (χ2n) is 6.97. The quantitative estimate of drug-likeness (QED) is 0.694. The lowest BCUT2D eigenvalue weighted by Crippen LogP contribution is -2.34. The van der Waals surface area contributed by atoms with Crippen LogP contribution in [0.25, 0.3) is 5.78 Å². The van der Waals surface area contributed by atoms with E-state index in [1.54, 1.807) is 11.2 Å². The predicted octanol–water partition coefficient (Wildman–Crippen LogP) is 2.26. The summed E-state index contributed by atoms with van der Waals surface area (Å²) in [6.07, 6.45) is 2.14. The molecule has 2 aliphatic heterocycles. The van der Waals surface area contributed by atoms with Crippen LogP contribution in [-0.2, 0) is 17.7 Å². The number of rotatable bonds is 2. The lowest BCUT2D eigenvalue weighted by molar-refractivity contribution is 0.181. The van der Waals surface area contributed by atoms with Crippen molar-refractivity contribution in [2.45, 2.75) is 26.8 Å². The lowest BCUT2D eigenvalue weighted by Gasteiger charge is -2.33. The Hall–Kier alpha value is -3.16. The van der Waals surface area contributed by atoms with Crippen LogP contribution in [0.5, 0.6) is 0 Å². The maximum atomic E-state index is 12.0. The normalized spacial score (nSPS) is 16.7. The second kappa shape index (κ2) is 5.94. The number of hydrogen-bond acceptors (Lipinski definition) is 6. The maximum absolute atomic E-state index is 12.0. The first-order valence-electron chi connectivity index (χ1n) is 9.10. The fourth-order valence-corrected chi connectivity index (χ4v) is 4.02. The summed E-state index contributed by atoms with van der Waals surface area (Å²) in [6, 6.07) is 6.16. The van der Waals surface area contributed by atoms with Gasteiger partial charge in [-0.25, -0.2) is 9.78 Å². The predicted molar refractivity (Wildman–Crippen MR) is 100 cm³/mol. The molecule has 0 radical (unpaired) electrons. The van der Waals surface area contributed by atoms with Gasteiger partial charge >= 0.3 is 6.09 Å². The molecule has 1 fully saturated rings. The Morgan fingerprint density at radius 3 is 2.89 bits per heavy atom. The van der Waals surface area contributed by atoms with E-state index >= 15 is 0 Å². The first-order valence-corrected chi connectivity index (χ1v) is 9.10. The van der Waals surface area contributed by atoms with Crippen molar-refractivity contribution in [3.63, 3.8) is 0 Å². The summed E-state index contributed by atoms with van der Waals surface area (Å²) in [7, 11) is 0. The first-order chi connectivity index (χ1) is 13.1. The van der Waals surface area contributed by atoms with E-state index in [1.807, 2.05) is 23.6 Å². The highest BCUT2D eigenvalue weighted by Crippen LogP contribution is 2.33. The summed E-state index contributed by atoms with van der Waals surface area (Å²) >= 11 is 0. The maximum Gasteiger partial charge on any atom is 0.414 e. The number of anilines is 2. The summed E-state index contributed by atoms with van der Waals surface area (Å²) < 4.78 is 6.94. The zero-order valence-corrected chi connectivity index (χ0v) is 15.3. The Kier molecular flexibility index (Phi) is 3.53. The van der Waals surface area contributed by atoms with Crippen molar-refractivity contribution < 1.29 is 9.53 Å². The van der Waals surface area contributed by atoms with Gasteiger partial charge < -0.3 is 9.64 Å². The second-order valence-corrected chi connectivity index (χ2v) is 6.97. The number of cyclic esters (lactones) is 1. The van der Waals surface area contributed by atoms with Crippen LogP contribution in [0.1, 0.15) is 22.4 Å². The number of aromatic nitrogens is 4. The Bertz CT molecular complexity index is 1060. The number of ether oxygens (including phenoxy) is 1. The van der Waals surface area contributed by atoms with Gasteiger partial charge in [-0.15, -0.1) is 0 Å². The van der Waals surface area contributed by atoms with E-state index < -0.39 is 0 Å². The Morgan fingerprint density at radius 1 is 1.19 bits per heavy atom. The summed E-state index contributed by atoms with van der Waals surface area (Å²) in [5, 5.41) is 4.37. The fourth-order valence-electron chi connectivity index (χ4n) is 4.02. The van der Waals surface area contributed by atoms with Crippen LogP contribution >= 0.6 is 0 Å². The topological polar surface area (TPSA) is 75.9 Å². The number of aryl methyl sites for hydroxylation is 1. The third-order valence-electron chi connectivity index (χ3n) is 5.47. The van der Waals surface area contributed by atoms with Crippen molar-refractivity contribution in [1.29, 1.82) is 0 Å². The molecule has 0 atom stereocenters. The SMILES string of the molecule is Cc1nc2ncnn2c(N2CCc3c(cccc3N3CCOC3=O)C2)c1C. The van der Waals surface area contributed by atoms with Crippen LogP contribution in [0.15, 0.2) is 24.5 Å². The number of carbonyl (C=O) groups excluding carboxylic acids is 1. The summed E-state index contributed by atoms with van der Waals surface area (Å²) in [5.41, 5.74) is 5.50. The number of carbonyl (C=O) groups is 1. The molecule has 8 nitrogen and oxygen atoms in total. The molecule has 1 amide bonds. The van der Waals surface area contributed by atoms with Crippen molar-refractivity contribution in [2.75, 3.05) is 29.5 Å². The molecule has 0 unspecified atom stereocenters. The molecule has 4 heterocycles. The Balaban J connectivity index is 1.55. The van der Waals surface area contributed by atoms with Crippen LogP contribution < -0.4 is 9.80 Å². The zero-order valence-electron chi connectivity index (χ0n) is 15.3. The molecule has 0 spiro atoms. The highest BCUT2D eigenvalue weighted by atomic mass is 16.6. The van der Waals surface area contributed by atoms with Crippen molar-refractivity contribution in [3.05, 3.63) is 46.9 Å². The standard InChI is InChI=1S/C19H20N6O2/c1-12-13(2)22-18-20-11-21-25(18)17(12)23-7-6-15-14(10-23)4-3-5-16(15)24-8-9-27-19(24)26/h3-5,11H,6-10H2,1-2H3. The van der Waals surface area contributed by atoms with E-state index in [0.29, 0.717) is 18.9 Å². The molecule has 138 valence electrons. The van der Waals surface area contributed by atoms with Gasteiger partial charge in [0.25, 0.3) is 5.78 Å². The van der Waals surface area contributed by atoms with Gasteiger partial charge in [0, 0.05) is 24.3 Å². The minimum atomic E-state index is -0.254. The first kappa shape index (κ1) is 16.0. The van der Waals surface area contributed by atoms with Crippen molar-refractivity contribution >= 4 is 23.4 Å². The fraction of sp³-hybridized carbons (Fsp3) is 0.368. The molecule has 0 N–H and O–H groups in total. The molecule has 0 saturated carbocycles.